The molecule has 3 rings (SSSR count). The average Bonchev–Trinajstić information content (AvgIpc) is 2.52. The summed E-state index contributed by atoms with van der Waals surface area (Å²) in [6.45, 7) is 4.40. The van der Waals surface area contributed by atoms with E-state index in [1.54, 1.807) is 10.6 Å². The van der Waals surface area contributed by atoms with E-state index in [1.165, 1.54) is 0 Å². The first kappa shape index (κ1) is 14.6. The normalized spacial score (nSPS) is 14.8. The number of hydrogen-bond donors (Lipinski definition) is 2. The lowest BCUT2D eigenvalue weighted by Crippen LogP contribution is -2.38. The van der Waals surface area contributed by atoms with Crippen LogP contribution in [0.25, 0.3) is 10.9 Å². The van der Waals surface area contributed by atoms with E-state index in [9.17, 15) is 14.7 Å². The molecule has 1 aromatic heterocycles. The number of benzene rings is 1. The number of hydrogen-bond acceptors (Lipinski definition) is 3. The Morgan fingerprint density at radius 2 is 2.23 bits per heavy atom. The van der Waals surface area contributed by atoms with Gasteiger partial charge in [-0.1, -0.05) is 19.1 Å². The first-order valence-corrected chi connectivity index (χ1v) is 7.72. The fourth-order valence-electron chi connectivity index (χ4n) is 3.02. The van der Waals surface area contributed by atoms with Crippen LogP contribution in [0.15, 0.2) is 23.0 Å². The smallest absolute Gasteiger partial charge is 0.267 e. The number of rotatable bonds is 3. The monoisotopic (exact) mass is 300 g/mol. The number of aromatic hydroxyl groups is 1. The maximum absolute atomic E-state index is 12.7. The Labute approximate surface area is 128 Å². The lowest BCUT2D eigenvalue weighted by Gasteiger charge is -2.21. The van der Waals surface area contributed by atoms with Crippen LogP contribution in [0, 0.1) is 0 Å². The van der Waals surface area contributed by atoms with Crippen molar-refractivity contribution in [1.82, 2.24) is 9.88 Å². The Bertz CT molecular complexity index is 808. The van der Waals surface area contributed by atoms with Gasteiger partial charge in [-0.15, -0.1) is 0 Å². The molecule has 1 aromatic carbocycles. The van der Waals surface area contributed by atoms with Crippen molar-refractivity contribution in [2.75, 3.05) is 0 Å². The van der Waals surface area contributed by atoms with Gasteiger partial charge in [0.2, 0.25) is 0 Å². The van der Waals surface area contributed by atoms with Gasteiger partial charge in [0.25, 0.3) is 11.5 Å². The van der Waals surface area contributed by atoms with Gasteiger partial charge in [0.1, 0.15) is 11.3 Å². The number of carbonyl (C=O) groups excluding carboxylic acids is 1. The van der Waals surface area contributed by atoms with Gasteiger partial charge in [0, 0.05) is 18.0 Å². The highest BCUT2D eigenvalue weighted by Crippen LogP contribution is 2.31. The van der Waals surface area contributed by atoms with Gasteiger partial charge in [-0.05, 0) is 37.8 Å². The Kier molecular flexibility index (Phi) is 3.64. The van der Waals surface area contributed by atoms with Crippen LogP contribution in [0.2, 0.25) is 0 Å². The third kappa shape index (κ3) is 2.17. The largest absolute Gasteiger partial charge is 0.506 e. The summed E-state index contributed by atoms with van der Waals surface area (Å²) in [5.74, 6) is -0.709. The van der Waals surface area contributed by atoms with Gasteiger partial charge < -0.3 is 15.0 Å². The minimum absolute atomic E-state index is 0.0466. The van der Waals surface area contributed by atoms with Crippen molar-refractivity contribution in [1.29, 1.82) is 0 Å². The first-order valence-electron chi connectivity index (χ1n) is 7.72. The molecule has 1 amide bonds. The maximum atomic E-state index is 12.7. The summed E-state index contributed by atoms with van der Waals surface area (Å²) in [5.41, 5.74) is 1.26. The maximum Gasteiger partial charge on any atom is 0.267 e. The molecule has 5 nitrogen and oxygen atoms in total. The minimum atomic E-state index is -0.501. The molecule has 0 spiro atoms. The summed E-state index contributed by atoms with van der Waals surface area (Å²) in [5, 5.41) is 13.8. The van der Waals surface area contributed by atoms with E-state index in [1.807, 2.05) is 26.0 Å². The second-order valence-electron chi connectivity index (χ2n) is 5.88. The van der Waals surface area contributed by atoms with Gasteiger partial charge in [0.05, 0.1) is 5.52 Å². The molecule has 0 unspecified atom stereocenters. The SMILES string of the molecule is CC[C@@H](C)NC(=O)c1c(O)c2cccc3c2n(c1=O)CCC3. The Balaban J connectivity index is 2.25. The van der Waals surface area contributed by atoms with Crippen LogP contribution in [0.1, 0.15) is 42.6 Å². The number of aryl methyl sites for hydroxylation is 2. The van der Waals surface area contributed by atoms with Crippen molar-refractivity contribution < 1.29 is 9.90 Å². The number of amides is 1. The molecular weight excluding hydrogens is 280 g/mol. The van der Waals surface area contributed by atoms with Crippen molar-refractivity contribution >= 4 is 16.8 Å². The van der Waals surface area contributed by atoms with Crippen LogP contribution >= 0.6 is 0 Å². The molecule has 1 aliphatic heterocycles. The van der Waals surface area contributed by atoms with Gasteiger partial charge in [-0.2, -0.15) is 0 Å². The standard InChI is InChI=1S/C17H20N2O3/c1-3-10(2)18-16(21)13-15(20)12-8-4-6-11-7-5-9-19(14(11)12)17(13)22/h4,6,8,10,20H,3,5,7,9H2,1-2H3,(H,18,21)/t10-/m1/s1. The van der Waals surface area contributed by atoms with Crippen LogP contribution in [-0.4, -0.2) is 21.6 Å². The predicted molar refractivity (Wildman–Crippen MR) is 85.4 cm³/mol. The number of para-hydroxylation sites is 1. The van der Waals surface area contributed by atoms with Crippen molar-refractivity contribution in [3.63, 3.8) is 0 Å². The van der Waals surface area contributed by atoms with E-state index < -0.39 is 11.5 Å². The zero-order valence-electron chi connectivity index (χ0n) is 12.8. The van der Waals surface area contributed by atoms with Gasteiger partial charge in [-0.3, -0.25) is 9.59 Å². The third-order valence-corrected chi connectivity index (χ3v) is 4.39. The molecule has 0 fully saturated rings. The molecule has 0 bridgehead atoms. The fraction of sp³-hybridized carbons (Fsp3) is 0.412. The third-order valence-electron chi connectivity index (χ3n) is 4.39. The van der Waals surface area contributed by atoms with Crippen molar-refractivity contribution in [3.05, 3.63) is 39.7 Å². The molecule has 2 heterocycles. The Morgan fingerprint density at radius 1 is 1.45 bits per heavy atom. The van der Waals surface area contributed by atoms with Gasteiger partial charge >= 0.3 is 0 Å². The van der Waals surface area contributed by atoms with E-state index in [2.05, 4.69) is 5.32 Å². The lowest BCUT2D eigenvalue weighted by molar-refractivity contribution is 0.0934. The molecule has 0 radical (unpaired) electrons. The Morgan fingerprint density at radius 3 is 2.95 bits per heavy atom. The number of aromatic nitrogens is 1. The summed E-state index contributed by atoms with van der Waals surface area (Å²) in [7, 11) is 0. The number of carbonyl (C=O) groups is 1. The van der Waals surface area contributed by atoms with E-state index in [-0.39, 0.29) is 17.4 Å². The van der Waals surface area contributed by atoms with Crippen LogP contribution in [-0.2, 0) is 13.0 Å². The average molecular weight is 300 g/mol. The molecule has 5 heteroatoms. The van der Waals surface area contributed by atoms with E-state index in [0.29, 0.717) is 11.9 Å². The molecule has 22 heavy (non-hydrogen) atoms. The molecule has 0 aliphatic carbocycles. The van der Waals surface area contributed by atoms with Crippen LogP contribution in [0.4, 0.5) is 0 Å². The zero-order valence-corrected chi connectivity index (χ0v) is 12.8. The fourth-order valence-corrected chi connectivity index (χ4v) is 3.02. The molecule has 1 aliphatic rings. The van der Waals surface area contributed by atoms with E-state index in [4.69, 9.17) is 0 Å². The van der Waals surface area contributed by atoms with Crippen LogP contribution in [0.3, 0.4) is 0 Å². The van der Waals surface area contributed by atoms with Crippen molar-refractivity contribution in [2.24, 2.45) is 0 Å². The van der Waals surface area contributed by atoms with E-state index >= 15 is 0 Å². The summed E-state index contributed by atoms with van der Waals surface area (Å²) >= 11 is 0. The molecule has 0 saturated heterocycles. The quantitative estimate of drug-likeness (QED) is 0.912. The van der Waals surface area contributed by atoms with Crippen LogP contribution in [0.5, 0.6) is 5.75 Å². The summed E-state index contributed by atoms with van der Waals surface area (Å²) in [6.07, 6.45) is 2.51. The number of nitrogens with zero attached hydrogens (tertiary/aromatic N) is 1. The Hall–Kier alpha value is -2.30. The highest BCUT2D eigenvalue weighted by Gasteiger charge is 2.25. The topological polar surface area (TPSA) is 71.3 Å². The van der Waals surface area contributed by atoms with Gasteiger partial charge in [0.15, 0.2) is 0 Å². The van der Waals surface area contributed by atoms with E-state index in [0.717, 1.165) is 30.3 Å². The lowest BCUT2D eigenvalue weighted by atomic mass is 9.99. The summed E-state index contributed by atoms with van der Waals surface area (Å²) in [6, 6.07) is 5.54. The molecule has 1 atom stereocenters. The van der Waals surface area contributed by atoms with Crippen LogP contribution < -0.4 is 10.9 Å². The highest BCUT2D eigenvalue weighted by molar-refractivity contribution is 6.03. The first-order chi connectivity index (χ1) is 10.5. The minimum Gasteiger partial charge on any atom is -0.506 e. The molecular formula is C17H20N2O3. The van der Waals surface area contributed by atoms with Crippen molar-refractivity contribution in [2.45, 2.75) is 45.7 Å². The van der Waals surface area contributed by atoms with Gasteiger partial charge in [-0.25, -0.2) is 0 Å². The van der Waals surface area contributed by atoms with Crippen molar-refractivity contribution in [3.8, 4) is 5.75 Å². The summed E-state index contributed by atoms with van der Waals surface area (Å²) < 4.78 is 1.62. The number of nitrogens with one attached hydrogen (secondary N) is 1. The second-order valence-corrected chi connectivity index (χ2v) is 5.88. The predicted octanol–water partition coefficient (Wildman–Crippen LogP) is 2.18. The zero-order chi connectivity index (χ0) is 15.9. The molecule has 2 aromatic rings. The summed E-state index contributed by atoms with van der Waals surface area (Å²) in [4.78, 5) is 25.1. The second kappa shape index (κ2) is 5.48. The number of pyridine rings is 1. The molecule has 2 N–H and O–H groups in total. The highest BCUT2D eigenvalue weighted by atomic mass is 16.3. The molecule has 0 saturated carbocycles. The molecule has 116 valence electrons.